The van der Waals surface area contributed by atoms with Gasteiger partial charge in [-0.3, -0.25) is 0 Å². The third kappa shape index (κ3) is 7.47. The molecule has 0 aliphatic carbocycles. The lowest BCUT2D eigenvalue weighted by molar-refractivity contribution is -0.0317. The summed E-state index contributed by atoms with van der Waals surface area (Å²) in [7, 11) is 0. The molecule has 36 heavy (non-hydrogen) atoms. The van der Waals surface area contributed by atoms with Gasteiger partial charge >= 0.3 is 0 Å². The van der Waals surface area contributed by atoms with E-state index in [1.807, 2.05) is 60.7 Å². The minimum absolute atomic E-state index is 0.162. The number of aliphatic hydroxyl groups is 2. The molecule has 0 amide bonds. The second kappa shape index (κ2) is 13.5. The van der Waals surface area contributed by atoms with Crippen LogP contribution in [0.3, 0.4) is 0 Å². The molecule has 0 radical (unpaired) electrons. The molecule has 2 N–H and O–H groups in total. The van der Waals surface area contributed by atoms with Crippen molar-refractivity contribution in [1.29, 1.82) is 0 Å². The molecule has 4 rings (SSSR count). The highest BCUT2D eigenvalue weighted by atomic mass is 16.6. The van der Waals surface area contributed by atoms with Crippen molar-refractivity contribution in [3.63, 3.8) is 0 Å². The molecule has 2 aliphatic heterocycles. The van der Waals surface area contributed by atoms with Crippen LogP contribution in [0.25, 0.3) is 0 Å². The van der Waals surface area contributed by atoms with E-state index < -0.39 is 36.6 Å². The lowest BCUT2D eigenvalue weighted by Crippen LogP contribution is -2.32. The first kappa shape index (κ1) is 25.5. The molecular weight excluding hydrogens is 456 g/mol. The summed E-state index contributed by atoms with van der Waals surface area (Å²) in [6.45, 7) is 1.05. The quantitative estimate of drug-likeness (QED) is 0.611. The summed E-state index contributed by atoms with van der Waals surface area (Å²) < 4.78 is 22.7. The number of ether oxygens (including phenoxy) is 4. The van der Waals surface area contributed by atoms with Crippen LogP contribution in [-0.4, -0.2) is 60.1 Å². The van der Waals surface area contributed by atoms with E-state index in [0.717, 1.165) is 11.1 Å². The van der Waals surface area contributed by atoms with Crippen LogP contribution in [0.4, 0.5) is 0 Å². The van der Waals surface area contributed by atoms with Crippen molar-refractivity contribution < 1.29 is 29.2 Å². The molecule has 0 spiro atoms. The van der Waals surface area contributed by atoms with Gasteiger partial charge in [0.2, 0.25) is 0 Å². The SMILES string of the molecule is O[C@@H]1CO[C@@H](C#CC#CC#CC#C[C@@H]2OC[C@@H](O)[C@@H]2OCc2ccccc2)[C@H]1OCc1ccccc1. The van der Waals surface area contributed by atoms with Gasteiger partial charge in [0.15, 0.2) is 0 Å². The smallest absolute Gasteiger partial charge is 0.148 e. The largest absolute Gasteiger partial charge is 0.388 e. The van der Waals surface area contributed by atoms with Crippen molar-refractivity contribution in [3.8, 4) is 47.4 Å². The van der Waals surface area contributed by atoms with Crippen molar-refractivity contribution >= 4 is 0 Å². The van der Waals surface area contributed by atoms with Gasteiger partial charge in [-0.1, -0.05) is 72.5 Å². The predicted molar refractivity (Wildman–Crippen MR) is 133 cm³/mol. The second-order valence-corrected chi connectivity index (χ2v) is 8.20. The number of hydrogen-bond acceptors (Lipinski definition) is 6. The van der Waals surface area contributed by atoms with Gasteiger partial charge in [-0.25, -0.2) is 0 Å². The zero-order chi connectivity index (χ0) is 25.0. The molecule has 182 valence electrons. The third-order valence-corrected chi connectivity index (χ3v) is 5.56. The number of aliphatic hydroxyl groups excluding tert-OH is 2. The van der Waals surface area contributed by atoms with E-state index in [0.29, 0.717) is 13.2 Å². The normalized spacial score (nSPS) is 26.3. The average Bonchev–Trinajstić information content (AvgIpc) is 3.45. The van der Waals surface area contributed by atoms with Gasteiger partial charge in [0.05, 0.1) is 26.4 Å². The van der Waals surface area contributed by atoms with Crippen LogP contribution < -0.4 is 0 Å². The molecule has 2 aliphatic rings. The molecule has 2 aromatic rings. The van der Waals surface area contributed by atoms with Crippen LogP contribution in [0.2, 0.25) is 0 Å². The first-order valence-corrected chi connectivity index (χ1v) is 11.6. The van der Waals surface area contributed by atoms with Crippen LogP contribution in [-0.2, 0) is 32.2 Å². The Kier molecular flexibility index (Phi) is 9.58. The van der Waals surface area contributed by atoms with Gasteiger partial charge < -0.3 is 29.2 Å². The van der Waals surface area contributed by atoms with Gasteiger partial charge in [-0.2, -0.15) is 0 Å². The first-order valence-electron chi connectivity index (χ1n) is 11.6. The van der Waals surface area contributed by atoms with E-state index in [1.165, 1.54) is 0 Å². The highest BCUT2D eigenvalue weighted by Crippen LogP contribution is 2.20. The number of hydrogen-bond donors (Lipinski definition) is 2. The third-order valence-electron chi connectivity index (χ3n) is 5.56. The molecule has 0 unspecified atom stereocenters. The summed E-state index contributed by atoms with van der Waals surface area (Å²) in [5, 5.41) is 20.3. The molecule has 0 saturated carbocycles. The predicted octanol–water partition coefficient (Wildman–Crippen LogP) is 1.69. The molecule has 6 heteroatoms. The number of rotatable bonds is 6. The summed E-state index contributed by atoms with van der Waals surface area (Å²) >= 11 is 0. The topological polar surface area (TPSA) is 77.4 Å². The van der Waals surface area contributed by atoms with Crippen molar-refractivity contribution in [2.75, 3.05) is 13.2 Å². The number of benzene rings is 2. The van der Waals surface area contributed by atoms with E-state index in [1.54, 1.807) is 0 Å². The van der Waals surface area contributed by atoms with Crippen molar-refractivity contribution in [1.82, 2.24) is 0 Å². The molecule has 2 aromatic carbocycles. The zero-order valence-electron chi connectivity index (χ0n) is 19.6. The highest BCUT2D eigenvalue weighted by molar-refractivity contribution is 5.41. The van der Waals surface area contributed by atoms with Gasteiger partial charge in [0, 0.05) is 0 Å². The Morgan fingerprint density at radius 1 is 0.611 bits per heavy atom. The van der Waals surface area contributed by atoms with Crippen LogP contribution in [0, 0.1) is 47.4 Å². The second-order valence-electron chi connectivity index (χ2n) is 8.20. The maximum atomic E-state index is 10.1. The van der Waals surface area contributed by atoms with Gasteiger partial charge in [0.1, 0.15) is 36.6 Å². The van der Waals surface area contributed by atoms with Crippen LogP contribution in [0.5, 0.6) is 0 Å². The Hall–Kier alpha value is -3.56. The fraction of sp³-hybridized carbons (Fsp3) is 0.333. The molecule has 2 saturated heterocycles. The summed E-state index contributed by atoms with van der Waals surface area (Å²) in [5.41, 5.74) is 2.01. The van der Waals surface area contributed by atoms with Crippen LogP contribution in [0.15, 0.2) is 60.7 Å². The molecule has 0 bridgehead atoms. The fourth-order valence-electron chi connectivity index (χ4n) is 3.70. The Labute approximate surface area is 211 Å². The molecule has 0 aromatic heterocycles. The van der Waals surface area contributed by atoms with Crippen LogP contribution in [0.1, 0.15) is 11.1 Å². The summed E-state index contributed by atoms with van der Waals surface area (Å²) in [4.78, 5) is 0. The first-order chi connectivity index (χ1) is 17.7. The Balaban J connectivity index is 1.26. The Morgan fingerprint density at radius 2 is 1.00 bits per heavy atom. The van der Waals surface area contributed by atoms with Crippen LogP contribution >= 0.6 is 0 Å². The van der Waals surface area contributed by atoms with Gasteiger partial charge in [0.25, 0.3) is 0 Å². The lowest BCUT2D eigenvalue weighted by Gasteiger charge is -2.17. The van der Waals surface area contributed by atoms with E-state index >= 15 is 0 Å². The highest BCUT2D eigenvalue weighted by Gasteiger charge is 2.37. The zero-order valence-corrected chi connectivity index (χ0v) is 19.6. The van der Waals surface area contributed by atoms with E-state index in [-0.39, 0.29) is 13.2 Å². The Morgan fingerprint density at radius 3 is 1.42 bits per heavy atom. The minimum Gasteiger partial charge on any atom is -0.388 e. The lowest BCUT2D eigenvalue weighted by atomic mass is 10.1. The summed E-state index contributed by atoms with van der Waals surface area (Å²) in [5.74, 6) is 21.7. The average molecular weight is 483 g/mol. The van der Waals surface area contributed by atoms with Crippen molar-refractivity contribution in [2.45, 2.75) is 49.8 Å². The molecule has 2 heterocycles. The van der Waals surface area contributed by atoms with E-state index in [9.17, 15) is 10.2 Å². The maximum absolute atomic E-state index is 10.1. The van der Waals surface area contributed by atoms with E-state index in [4.69, 9.17) is 18.9 Å². The van der Waals surface area contributed by atoms with Gasteiger partial charge in [-0.15, -0.1) is 0 Å². The van der Waals surface area contributed by atoms with Gasteiger partial charge in [-0.05, 0) is 46.6 Å². The molecule has 6 atom stereocenters. The molecule has 2 fully saturated rings. The Bertz CT molecular complexity index is 1130. The summed E-state index contributed by atoms with van der Waals surface area (Å²) in [6, 6.07) is 19.4. The fourth-order valence-corrected chi connectivity index (χ4v) is 3.70. The monoisotopic (exact) mass is 482 g/mol. The van der Waals surface area contributed by atoms with Crippen molar-refractivity contribution in [2.24, 2.45) is 0 Å². The molecular formula is C30H26O6. The van der Waals surface area contributed by atoms with Crippen molar-refractivity contribution in [3.05, 3.63) is 71.8 Å². The standard InChI is InChI=1S/C30H26O6/c31-25-21-33-27(29(25)35-19-23-13-7-5-8-14-23)17-11-3-1-2-4-12-18-28-30(26(32)22-34-28)36-20-24-15-9-6-10-16-24/h5-10,13-16,25-32H,19-22H2/t25-,26-,27+,28+,29+,30+/m1/s1. The summed E-state index contributed by atoms with van der Waals surface area (Å²) in [6.07, 6.45) is -3.71. The molecule has 6 nitrogen and oxygen atoms in total. The maximum Gasteiger partial charge on any atom is 0.148 e. The minimum atomic E-state index is -0.743. The van der Waals surface area contributed by atoms with E-state index in [2.05, 4.69) is 47.4 Å².